The average molecular weight is 545 g/mol. The second kappa shape index (κ2) is 15.4. The van der Waals surface area contributed by atoms with Crippen LogP contribution in [0.25, 0.3) is 0 Å². The summed E-state index contributed by atoms with van der Waals surface area (Å²) in [4.78, 5) is 27.2. The van der Waals surface area contributed by atoms with E-state index in [9.17, 15) is 14.2 Å². The summed E-state index contributed by atoms with van der Waals surface area (Å²) in [6, 6.07) is 15.3. The van der Waals surface area contributed by atoms with E-state index in [1.54, 1.807) is 4.90 Å². The van der Waals surface area contributed by atoms with Crippen molar-refractivity contribution in [1.29, 1.82) is 0 Å². The van der Waals surface area contributed by atoms with Crippen LogP contribution in [-0.4, -0.2) is 65.6 Å². The van der Waals surface area contributed by atoms with Crippen molar-refractivity contribution in [2.75, 3.05) is 58.7 Å². The van der Waals surface area contributed by atoms with Crippen molar-refractivity contribution >= 4 is 25.3 Å². The summed E-state index contributed by atoms with van der Waals surface area (Å²) in [6.07, 6.45) is 0.145. The fourth-order valence-corrected chi connectivity index (χ4v) is 4.28. The molecule has 0 spiro atoms. The number of anilines is 1. The molecule has 1 N–H and O–H groups in total. The number of nitrogens with one attached hydrogen (secondary N) is 1. The molecule has 11 heteroatoms. The highest BCUT2D eigenvalue weighted by Gasteiger charge is 2.22. The first kappa shape index (κ1) is 29.5. The molecule has 10 nitrogen and oxygen atoms in total. The highest BCUT2D eigenvalue weighted by atomic mass is 31.2. The van der Waals surface area contributed by atoms with Gasteiger partial charge in [-0.1, -0.05) is 42.2 Å². The lowest BCUT2D eigenvalue weighted by molar-refractivity contribution is -0.125. The SMILES string of the molecule is COP(=O)(OC)OCCOCCOCCNC(=O)CCC(=O)N1Cc2ccccc2C#Cc2ccccc21. The number of amides is 2. The number of para-hydroxylation sites is 1. The van der Waals surface area contributed by atoms with Crippen molar-refractivity contribution in [1.82, 2.24) is 5.32 Å². The monoisotopic (exact) mass is 544 g/mol. The van der Waals surface area contributed by atoms with Crippen LogP contribution in [0.4, 0.5) is 5.69 Å². The van der Waals surface area contributed by atoms with Crippen LogP contribution in [0.15, 0.2) is 48.5 Å². The fourth-order valence-electron chi connectivity index (χ4n) is 3.62. The van der Waals surface area contributed by atoms with Gasteiger partial charge in [0.05, 0.1) is 45.3 Å². The third-order valence-electron chi connectivity index (χ3n) is 5.60. The van der Waals surface area contributed by atoms with Gasteiger partial charge in [0.2, 0.25) is 11.8 Å². The maximum Gasteiger partial charge on any atom is 0.474 e. The number of carbonyl (C=O) groups excluding carboxylic acids is 2. The smallest absolute Gasteiger partial charge is 0.377 e. The van der Waals surface area contributed by atoms with Gasteiger partial charge < -0.3 is 19.7 Å². The summed E-state index contributed by atoms with van der Waals surface area (Å²) in [6.45, 7) is 1.89. The first-order valence-corrected chi connectivity index (χ1v) is 13.7. The molecule has 2 aromatic rings. The topological polar surface area (TPSA) is 113 Å². The lowest BCUT2D eigenvalue weighted by Crippen LogP contribution is -2.34. The van der Waals surface area contributed by atoms with Crippen molar-refractivity contribution in [3.63, 3.8) is 0 Å². The molecule has 0 saturated carbocycles. The Bertz CT molecular complexity index is 1180. The Morgan fingerprint density at radius 2 is 1.50 bits per heavy atom. The molecule has 204 valence electrons. The highest BCUT2D eigenvalue weighted by Crippen LogP contribution is 2.47. The standard InChI is InChI=1S/C27H33N2O8P/c1-33-38(32,34-2)37-20-19-36-18-17-35-16-15-28-26(30)13-14-27(31)29-21-24-9-4-3-7-22(24)11-12-23-8-5-6-10-25(23)29/h3-10H,13-21H2,1-2H3,(H,28,30). The van der Waals surface area contributed by atoms with Crippen molar-refractivity contribution in [2.24, 2.45) is 0 Å². The number of hydrogen-bond acceptors (Lipinski definition) is 8. The second-order valence-electron chi connectivity index (χ2n) is 8.12. The Hall–Kier alpha value is -3.03. The molecule has 2 aromatic carbocycles. The Labute approximate surface area is 223 Å². The quantitative estimate of drug-likeness (QED) is 0.207. The average Bonchev–Trinajstić information content (AvgIpc) is 2.93. The number of fused-ring (bicyclic) bond motifs is 2. The van der Waals surface area contributed by atoms with Crippen LogP contribution in [0.2, 0.25) is 0 Å². The first-order chi connectivity index (χ1) is 18.5. The minimum Gasteiger partial charge on any atom is -0.377 e. The number of ether oxygens (including phenoxy) is 2. The van der Waals surface area contributed by atoms with E-state index >= 15 is 0 Å². The molecular weight excluding hydrogens is 511 g/mol. The molecule has 1 aliphatic heterocycles. The van der Waals surface area contributed by atoms with Crippen LogP contribution in [-0.2, 0) is 43.7 Å². The zero-order valence-electron chi connectivity index (χ0n) is 21.6. The molecule has 2 amide bonds. The van der Waals surface area contributed by atoms with Gasteiger partial charge in [-0.3, -0.25) is 23.2 Å². The minimum absolute atomic E-state index is 0.0522. The molecule has 0 bridgehead atoms. The third kappa shape index (κ3) is 9.07. The van der Waals surface area contributed by atoms with Gasteiger partial charge >= 0.3 is 7.82 Å². The molecule has 1 heterocycles. The number of rotatable bonds is 15. The van der Waals surface area contributed by atoms with E-state index in [4.69, 9.17) is 14.0 Å². The van der Waals surface area contributed by atoms with Gasteiger partial charge in [-0.15, -0.1) is 0 Å². The van der Waals surface area contributed by atoms with Crippen LogP contribution in [0.1, 0.15) is 29.5 Å². The number of benzene rings is 2. The van der Waals surface area contributed by atoms with Gasteiger partial charge in [0.1, 0.15) is 0 Å². The summed E-state index contributed by atoms with van der Waals surface area (Å²) in [7, 11) is -1.02. The van der Waals surface area contributed by atoms with Gasteiger partial charge in [0, 0.05) is 44.7 Å². The van der Waals surface area contributed by atoms with Crippen LogP contribution in [0.5, 0.6) is 0 Å². The summed E-state index contributed by atoms with van der Waals surface area (Å²) >= 11 is 0. The summed E-state index contributed by atoms with van der Waals surface area (Å²) < 4.78 is 36.7. The third-order valence-corrected chi connectivity index (χ3v) is 7.00. The Morgan fingerprint density at radius 1 is 0.868 bits per heavy atom. The van der Waals surface area contributed by atoms with E-state index in [2.05, 4.69) is 26.2 Å². The maximum atomic E-state index is 13.2. The summed E-state index contributed by atoms with van der Waals surface area (Å²) in [5.41, 5.74) is 3.37. The molecule has 0 saturated heterocycles. The van der Waals surface area contributed by atoms with E-state index in [1.165, 1.54) is 14.2 Å². The Morgan fingerprint density at radius 3 is 2.26 bits per heavy atom. The van der Waals surface area contributed by atoms with Crippen molar-refractivity contribution in [3.8, 4) is 11.8 Å². The lowest BCUT2D eigenvalue weighted by atomic mass is 10.0. The van der Waals surface area contributed by atoms with Crippen molar-refractivity contribution in [3.05, 3.63) is 65.2 Å². The molecule has 0 radical (unpaired) electrons. The van der Waals surface area contributed by atoms with Crippen molar-refractivity contribution < 1.29 is 37.2 Å². The van der Waals surface area contributed by atoms with E-state index < -0.39 is 7.82 Å². The van der Waals surface area contributed by atoms with E-state index in [-0.39, 0.29) is 37.9 Å². The molecule has 3 rings (SSSR count). The van der Waals surface area contributed by atoms with Gasteiger partial charge in [0.15, 0.2) is 0 Å². The minimum atomic E-state index is -3.49. The first-order valence-electron chi connectivity index (χ1n) is 12.2. The Balaban J connectivity index is 1.35. The van der Waals surface area contributed by atoms with Crippen LogP contribution >= 0.6 is 7.82 Å². The van der Waals surface area contributed by atoms with Gasteiger partial charge in [0.25, 0.3) is 0 Å². The zero-order valence-corrected chi connectivity index (χ0v) is 22.5. The molecular formula is C27H33N2O8P. The van der Waals surface area contributed by atoms with Gasteiger partial charge in [-0.25, -0.2) is 4.57 Å². The van der Waals surface area contributed by atoms with Crippen LogP contribution < -0.4 is 10.2 Å². The zero-order chi connectivity index (χ0) is 27.2. The molecule has 0 aromatic heterocycles. The van der Waals surface area contributed by atoms with Gasteiger partial charge in [-0.05, 0) is 23.8 Å². The molecule has 0 aliphatic carbocycles. The maximum absolute atomic E-state index is 13.2. The van der Waals surface area contributed by atoms with E-state index in [1.807, 2.05) is 48.5 Å². The Kier molecular flexibility index (Phi) is 12.0. The van der Waals surface area contributed by atoms with Gasteiger partial charge in [-0.2, -0.15) is 0 Å². The molecule has 1 aliphatic rings. The number of carbonyl (C=O) groups is 2. The number of nitrogens with zero attached hydrogens (tertiary/aromatic N) is 1. The number of phosphoric ester groups is 1. The second-order valence-corrected chi connectivity index (χ2v) is 10.0. The van der Waals surface area contributed by atoms with E-state index in [0.717, 1.165) is 22.4 Å². The number of phosphoric acid groups is 1. The summed E-state index contributed by atoms with van der Waals surface area (Å²) in [5, 5.41) is 2.76. The van der Waals surface area contributed by atoms with E-state index in [0.29, 0.717) is 32.9 Å². The fraction of sp³-hybridized carbons (Fsp3) is 0.407. The largest absolute Gasteiger partial charge is 0.474 e. The van der Waals surface area contributed by atoms with Crippen molar-refractivity contribution in [2.45, 2.75) is 19.4 Å². The normalized spacial score (nSPS) is 12.4. The molecule has 0 fully saturated rings. The summed E-state index contributed by atoms with van der Waals surface area (Å²) in [5.74, 6) is 5.99. The molecule has 0 unspecified atom stereocenters. The van der Waals surface area contributed by atoms with Crippen LogP contribution in [0.3, 0.4) is 0 Å². The lowest BCUT2D eigenvalue weighted by Gasteiger charge is -2.26. The predicted octanol–water partition coefficient (Wildman–Crippen LogP) is 3.28. The number of hydrogen-bond donors (Lipinski definition) is 1. The van der Waals surface area contributed by atoms with Crippen LogP contribution in [0, 0.1) is 11.8 Å². The molecule has 0 atom stereocenters. The predicted molar refractivity (Wildman–Crippen MR) is 142 cm³/mol. The highest BCUT2D eigenvalue weighted by molar-refractivity contribution is 7.48. The molecule has 38 heavy (non-hydrogen) atoms.